The van der Waals surface area contributed by atoms with Crippen molar-refractivity contribution in [2.45, 2.75) is 0 Å². The first-order valence-corrected chi connectivity index (χ1v) is 29.7. The monoisotopic (exact) mass is 1080 g/mol. The van der Waals surface area contributed by atoms with Crippen LogP contribution in [0.2, 0.25) is 0 Å². The van der Waals surface area contributed by atoms with Gasteiger partial charge in [-0.1, -0.05) is 190 Å². The van der Waals surface area contributed by atoms with Gasteiger partial charge >= 0.3 is 0 Å². The van der Waals surface area contributed by atoms with Crippen LogP contribution in [0.5, 0.6) is 0 Å². The molecule has 0 unspecified atom stereocenters. The molecule has 0 N–H and O–H groups in total. The minimum absolute atomic E-state index is 1.07. The quantitative estimate of drug-likeness (QED) is 0.128. The van der Waals surface area contributed by atoms with E-state index in [4.69, 9.17) is 0 Å². The van der Waals surface area contributed by atoms with Gasteiger partial charge in [0.25, 0.3) is 0 Å². The molecule has 16 aromatic rings. The maximum atomic E-state index is 2.49. The van der Waals surface area contributed by atoms with Gasteiger partial charge in [-0.15, -0.1) is 0 Å². The van der Waals surface area contributed by atoms with Gasteiger partial charge in [-0.2, -0.15) is 0 Å². The first-order valence-electron chi connectivity index (χ1n) is 28.4. The third kappa shape index (κ3) is 8.30. The highest BCUT2D eigenvalue weighted by atomic mass is 31.1. The summed E-state index contributed by atoms with van der Waals surface area (Å²) in [6, 6.07) is 119. The van der Waals surface area contributed by atoms with Crippen molar-refractivity contribution < 1.29 is 0 Å². The molecule has 83 heavy (non-hydrogen) atoms. The zero-order chi connectivity index (χ0) is 54.8. The summed E-state index contributed by atoms with van der Waals surface area (Å²) < 4.78 is 4.80. The maximum absolute atomic E-state index is 2.49. The molecule has 390 valence electrons. The Morgan fingerprint density at radius 2 is 0.578 bits per heavy atom. The average Bonchev–Trinajstić information content (AvgIpc) is 3.05. The lowest BCUT2D eigenvalue weighted by Crippen LogP contribution is -2.13. The summed E-state index contributed by atoms with van der Waals surface area (Å²) in [6.45, 7) is 0. The summed E-state index contributed by atoms with van der Waals surface area (Å²) in [7, 11) is -1.10. The zero-order valence-corrected chi connectivity index (χ0v) is 46.2. The second kappa shape index (κ2) is 20.2. The molecule has 0 saturated heterocycles. The van der Waals surface area contributed by atoms with Crippen LogP contribution in [0.25, 0.3) is 104 Å². The third-order valence-electron chi connectivity index (χ3n) is 16.5. The van der Waals surface area contributed by atoms with E-state index in [1.807, 2.05) is 0 Å². The van der Waals surface area contributed by atoms with Gasteiger partial charge < -0.3 is 18.9 Å². The summed E-state index contributed by atoms with van der Waals surface area (Å²) in [5.41, 5.74) is 18.2. The van der Waals surface area contributed by atoms with Crippen LogP contribution in [0.4, 0.5) is 34.1 Å². The predicted molar refractivity (Wildman–Crippen MR) is 354 cm³/mol. The van der Waals surface area contributed by atoms with Gasteiger partial charge in [-0.05, 0) is 173 Å². The van der Waals surface area contributed by atoms with Crippen molar-refractivity contribution in [3.05, 3.63) is 322 Å². The first kappa shape index (κ1) is 48.3. The maximum Gasteiger partial charge on any atom is 0.0542 e. The molecule has 0 amide bonds. The average molecular weight is 1080 g/mol. The van der Waals surface area contributed by atoms with Gasteiger partial charge in [0, 0.05) is 82.6 Å². The van der Waals surface area contributed by atoms with Gasteiger partial charge in [0.1, 0.15) is 0 Å². The topological polar surface area (TPSA) is 16.3 Å². The van der Waals surface area contributed by atoms with Crippen molar-refractivity contribution in [3.8, 4) is 38.9 Å². The Bertz CT molecular complexity index is 4750. The van der Waals surface area contributed by atoms with Crippen LogP contribution >= 0.6 is 7.53 Å². The highest BCUT2D eigenvalue weighted by Gasteiger charge is 2.25. The highest BCUT2D eigenvalue weighted by molar-refractivity contribution is 7.68. The number of fused-ring (bicyclic) bond motifs is 9. The molecule has 0 aliphatic heterocycles. The Hall–Kier alpha value is -10.6. The normalized spacial score (nSPS) is 11.6. The molecular formula is C78H53N4P. The van der Waals surface area contributed by atoms with Gasteiger partial charge in [-0.3, -0.25) is 0 Å². The minimum atomic E-state index is -1.10. The van der Waals surface area contributed by atoms with E-state index in [1.54, 1.807) is 0 Å². The number of hydrogen-bond acceptors (Lipinski definition) is 2. The van der Waals surface area contributed by atoms with E-state index >= 15 is 0 Å². The summed E-state index contributed by atoms with van der Waals surface area (Å²) >= 11 is 0. The van der Waals surface area contributed by atoms with Crippen molar-refractivity contribution in [1.29, 1.82) is 0 Å². The second-order valence-electron chi connectivity index (χ2n) is 21.4. The van der Waals surface area contributed by atoms with Crippen LogP contribution in [0.1, 0.15) is 0 Å². The van der Waals surface area contributed by atoms with Gasteiger partial charge in [-0.25, -0.2) is 0 Å². The van der Waals surface area contributed by atoms with E-state index in [0.717, 1.165) is 56.5 Å². The molecule has 0 aliphatic rings. The second-order valence-corrected chi connectivity index (χ2v) is 23.5. The predicted octanol–water partition coefficient (Wildman–Crippen LogP) is 22.4. The Kier molecular flexibility index (Phi) is 11.7. The van der Waals surface area contributed by atoms with E-state index in [2.05, 4.69) is 340 Å². The Morgan fingerprint density at radius 3 is 1.00 bits per heavy atom. The number of anilines is 6. The zero-order valence-electron chi connectivity index (χ0n) is 45.3. The van der Waals surface area contributed by atoms with Crippen LogP contribution in [-0.2, 0) is 0 Å². The summed E-state index contributed by atoms with van der Waals surface area (Å²) in [5, 5.41) is 11.4. The largest absolute Gasteiger partial charge is 0.310 e. The third-order valence-corrected chi connectivity index (χ3v) is 19.0. The van der Waals surface area contributed by atoms with Gasteiger partial charge in [0.2, 0.25) is 0 Å². The standard InChI is InChI=1S/C78H53N4P/c1-7-23-54(24-8-1)56-39-45-77-71(47-56)72-48-57(55-25-9-2-10-26-55)40-46-78(72)83(77)66-50-64(79(58-27-11-3-12-28-58)62-41-43-75-69(52-62)67-35-19-21-37-73(67)81(75)60-31-15-5-16-32-60)49-65(51-66)80(59-29-13-4-14-30-59)63-42-44-76-70(53-63)68-36-20-22-38-74(68)82(76)61-33-17-6-18-34-61/h1-53H. The first-order chi connectivity index (χ1) is 41.2. The molecule has 3 aromatic heterocycles. The molecule has 0 saturated carbocycles. The van der Waals surface area contributed by atoms with Crippen LogP contribution in [0, 0.1) is 0 Å². The lowest BCUT2D eigenvalue weighted by molar-refractivity contribution is 1.18. The number of nitrogens with zero attached hydrogens (tertiary/aromatic N) is 4. The van der Waals surface area contributed by atoms with Crippen molar-refractivity contribution in [2.75, 3.05) is 9.80 Å². The number of para-hydroxylation sites is 6. The van der Waals surface area contributed by atoms with Crippen molar-refractivity contribution in [3.63, 3.8) is 0 Å². The van der Waals surface area contributed by atoms with Crippen LogP contribution in [0.3, 0.4) is 0 Å². The smallest absolute Gasteiger partial charge is 0.0542 e. The number of aromatic nitrogens is 2. The summed E-state index contributed by atoms with van der Waals surface area (Å²) in [6.07, 6.45) is 0. The lowest BCUT2D eigenvalue weighted by atomic mass is 10.0. The van der Waals surface area contributed by atoms with Crippen LogP contribution < -0.4 is 9.80 Å². The molecule has 4 nitrogen and oxygen atoms in total. The summed E-state index contributed by atoms with van der Waals surface area (Å²) in [5.74, 6) is 0. The number of benzene rings is 13. The SMILES string of the molecule is c1ccc(-c2ccc3c(c2)c2cc(-c4ccccc4)ccc2p3-c2cc(N(c3ccccc3)c3ccc4c(c3)c3ccccc3n4-c3ccccc3)cc(N(c3ccccc3)c3ccc4c(c3)c3ccccc3n4-c3ccccc3)c2)cc1. The van der Waals surface area contributed by atoms with Gasteiger partial charge in [0.15, 0.2) is 0 Å². The molecule has 0 atom stereocenters. The molecule has 16 rings (SSSR count). The highest BCUT2D eigenvalue weighted by Crippen LogP contribution is 2.59. The fourth-order valence-electron chi connectivity index (χ4n) is 12.8. The Balaban J connectivity index is 0.985. The fraction of sp³-hybridized carbons (Fsp3) is 0. The lowest BCUT2D eigenvalue weighted by Gasteiger charge is -2.30. The molecule has 3 heterocycles. The molecule has 0 fully saturated rings. The molecule has 5 heteroatoms. The molecule has 0 aliphatic carbocycles. The van der Waals surface area contributed by atoms with E-state index in [-0.39, 0.29) is 0 Å². The van der Waals surface area contributed by atoms with Gasteiger partial charge in [0.05, 0.1) is 22.1 Å². The van der Waals surface area contributed by atoms with Crippen LogP contribution in [-0.4, -0.2) is 9.13 Å². The fourth-order valence-corrected chi connectivity index (χ4v) is 15.5. The van der Waals surface area contributed by atoms with Crippen molar-refractivity contribution in [1.82, 2.24) is 9.13 Å². The van der Waals surface area contributed by atoms with Crippen molar-refractivity contribution >= 4 is 106 Å². The minimum Gasteiger partial charge on any atom is -0.310 e. The van der Waals surface area contributed by atoms with E-state index in [0.29, 0.717) is 0 Å². The Labute approximate surface area is 482 Å². The Morgan fingerprint density at radius 1 is 0.217 bits per heavy atom. The van der Waals surface area contributed by atoms with E-state index < -0.39 is 7.53 Å². The van der Waals surface area contributed by atoms with E-state index in [9.17, 15) is 0 Å². The molecule has 13 aromatic carbocycles. The van der Waals surface area contributed by atoms with Crippen molar-refractivity contribution in [2.24, 2.45) is 0 Å². The number of hydrogen-bond donors (Lipinski definition) is 0. The molecule has 0 bridgehead atoms. The molecular weight excluding hydrogens is 1020 g/mol. The summed E-state index contributed by atoms with van der Waals surface area (Å²) in [4.78, 5) is 4.95. The van der Waals surface area contributed by atoms with E-state index in [1.165, 1.54) is 81.1 Å². The molecule has 0 spiro atoms. The number of rotatable bonds is 11. The molecule has 0 radical (unpaired) electrons. The van der Waals surface area contributed by atoms with Crippen LogP contribution in [0.15, 0.2) is 322 Å².